The fourth-order valence-corrected chi connectivity index (χ4v) is 5.12. The SMILES string of the molecule is CC(c1ccccc1F)N(O)C(=O)Nc1ccc(S(=O)(=O)Cc2ccc3c(c2)CNC3)cc1. The summed E-state index contributed by atoms with van der Waals surface area (Å²) in [7, 11) is -3.58. The molecule has 1 atom stereocenters. The maximum atomic E-state index is 13.9. The van der Waals surface area contributed by atoms with Crippen molar-refractivity contribution in [1.82, 2.24) is 10.4 Å². The van der Waals surface area contributed by atoms with Crippen LogP contribution in [0.4, 0.5) is 14.9 Å². The van der Waals surface area contributed by atoms with E-state index in [2.05, 4.69) is 10.6 Å². The first-order chi connectivity index (χ1) is 15.7. The Balaban J connectivity index is 1.42. The minimum Gasteiger partial charge on any atom is -0.309 e. The van der Waals surface area contributed by atoms with Gasteiger partial charge in [-0.15, -0.1) is 0 Å². The van der Waals surface area contributed by atoms with Gasteiger partial charge in [-0.3, -0.25) is 5.21 Å². The molecule has 1 unspecified atom stereocenters. The van der Waals surface area contributed by atoms with Crippen LogP contribution < -0.4 is 10.6 Å². The van der Waals surface area contributed by atoms with Crippen LogP contribution in [0.15, 0.2) is 71.6 Å². The van der Waals surface area contributed by atoms with Gasteiger partial charge in [0.2, 0.25) is 0 Å². The molecular formula is C24H24FN3O4S. The molecule has 0 saturated heterocycles. The molecular weight excluding hydrogens is 445 g/mol. The van der Waals surface area contributed by atoms with Crippen molar-refractivity contribution in [3.63, 3.8) is 0 Å². The number of carbonyl (C=O) groups is 1. The van der Waals surface area contributed by atoms with E-state index in [1.165, 1.54) is 55.0 Å². The van der Waals surface area contributed by atoms with Gasteiger partial charge in [-0.2, -0.15) is 5.06 Å². The summed E-state index contributed by atoms with van der Waals surface area (Å²) in [5, 5.41) is 16.3. The summed E-state index contributed by atoms with van der Waals surface area (Å²) >= 11 is 0. The highest BCUT2D eigenvalue weighted by atomic mass is 32.2. The lowest BCUT2D eigenvalue weighted by Crippen LogP contribution is -2.34. The number of fused-ring (bicyclic) bond motifs is 1. The predicted octanol–water partition coefficient (Wildman–Crippen LogP) is 4.39. The van der Waals surface area contributed by atoms with Crippen molar-refractivity contribution < 1.29 is 22.8 Å². The molecule has 2 amide bonds. The fourth-order valence-electron chi connectivity index (χ4n) is 3.79. The van der Waals surface area contributed by atoms with E-state index in [4.69, 9.17) is 0 Å². The van der Waals surface area contributed by atoms with Crippen molar-refractivity contribution in [2.24, 2.45) is 0 Å². The molecule has 1 aliphatic heterocycles. The molecule has 0 spiro atoms. The van der Waals surface area contributed by atoms with Gasteiger partial charge >= 0.3 is 6.03 Å². The Morgan fingerprint density at radius 1 is 1.09 bits per heavy atom. The van der Waals surface area contributed by atoms with E-state index in [1.807, 2.05) is 18.2 Å². The van der Waals surface area contributed by atoms with Crippen molar-refractivity contribution in [3.05, 3.63) is 94.8 Å². The number of rotatable bonds is 6. The molecule has 0 bridgehead atoms. The average molecular weight is 470 g/mol. The highest BCUT2D eigenvalue weighted by Crippen LogP contribution is 2.24. The highest BCUT2D eigenvalue weighted by Gasteiger charge is 2.23. The second kappa shape index (κ2) is 9.30. The molecule has 9 heteroatoms. The van der Waals surface area contributed by atoms with Crippen LogP contribution in [0.3, 0.4) is 0 Å². The van der Waals surface area contributed by atoms with E-state index in [-0.39, 0.29) is 16.2 Å². The second-order valence-electron chi connectivity index (χ2n) is 7.96. The van der Waals surface area contributed by atoms with E-state index in [1.54, 1.807) is 6.07 Å². The van der Waals surface area contributed by atoms with Gasteiger partial charge in [0.1, 0.15) is 5.82 Å². The molecule has 0 aromatic heterocycles. The van der Waals surface area contributed by atoms with E-state index in [0.29, 0.717) is 16.3 Å². The molecule has 3 aromatic carbocycles. The standard InChI is InChI=1S/C24H24FN3O4S/c1-16(22-4-2-3-5-23(22)25)28(30)24(29)27-20-8-10-21(11-9-20)33(31,32)15-17-6-7-18-13-26-14-19(18)12-17/h2-12,16,26,30H,13-15H2,1H3,(H,27,29). The van der Waals surface area contributed by atoms with Crippen molar-refractivity contribution >= 4 is 21.6 Å². The van der Waals surface area contributed by atoms with Gasteiger partial charge in [0.25, 0.3) is 0 Å². The van der Waals surface area contributed by atoms with Crippen molar-refractivity contribution in [3.8, 4) is 0 Å². The number of carbonyl (C=O) groups excluding carboxylic acids is 1. The maximum Gasteiger partial charge on any atom is 0.346 e. The molecule has 1 heterocycles. The number of nitrogens with one attached hydrogen (secondary N) is 2. The van der Waals surface area contributed by atoms with Gasteiger partial charge < -0.3 is 10.6 Å². The minimum absolute atomic E-state index is 0.125. The number of benzene rings is 3. The van der Waals surface area contributed by atoms with E-state index < -0.39 is 27.7 Å². The summed E-state index contributed by atoms with van der Waals surface area (Å²) < 4.78 is 39.6. The van der Waals surface area contributed by atoms with Crippen molar-refractivity contribution in [1.29, 1.82) is 0 Å². The molecule has 33 heavy (non-hydrogen) atoms. The third-order valence-electron chi connectivity index (χ3n) is 5.65. The molecule has 0 aliphatic carbocycles. The third kappa shape index (κ3) is 5.05. The van der Waals surface area contributed by atoms with Crippen molar-refractivity contribution in [2.75, 3.05) is 5.32 Å². The highest BCUT2D eigenvalue weighted by molar-refractivity contribution is 7.90. The Kier molecular flexibility index (Phi) is 6.46. The smallest absolute Gasteiger partial charge is 0.309 e. The Morgan fingerprint density at radius 3 is 2.52 bits per heavy atom. The molecule has 0 fully saturated rings. The molecule has 7 nitrogen and oxygen atoms in total. The summed E-state index contributed by atoms with van der Waals surface area (Å²) in [5.74, 6) is -0.664. The van der Waals surface area contributed by atoms with Crippen LogP contribution in [-0.2, 0) is 28.7 Å². The first kappa shape index (κ1) is 22.9. The number of hydroxylamine groups is 2. The monoisotopic (exact) mass is 469 g/mol. The average Bonchev–Trinajstić information content (AvgIpc) is 3.26. The normalized spacial score (nSPS) is 13.9. The second-order valence-corrected chi connectivity index (χ2v) is 9.95. The Morgan fingerprint density at radius 2 is 1.79 bits per heavy atom. The quantitative estimate of drug-likeness (QED) is 0.367. The number of hydrogen-bond acceptors (Lipinski definition) is 5. The van der Waals surface area contributed by atoms with E-state index in [0.717, 1.165) is 18.7 Å². The first-order valence-electron chi connectivity index (χ1n) is 10.4. The number of sulfone groups is 1. The lowest BCUT2D eigenvalue weighted by molar-refractivity contribution is -0.0698. The number of halogens is 1. The summed E-state index contributed by atoms with van der Waals surface area (Å²) in [6.45, 7) is 3.01. The van der Waals surface area contributed by atoms with Crippen LogP contribution in [-0.4, -0.2) is 24.7 Å². The minimum atomic E-state index is -3.58. The molecule has 172 valence electrons. The summed E-state index contributed by atoms with van der Waals surface area (Å²) in [6.07, 6.45) is 0. The molecule has 0 radical (unpaired) electrons. The number of urea groups is 1. The zero-order valence-corrected chi connectivity index (χ0v) is 18.8. The van der Waals surface area contributed by atoms with E-state index in [9.17, 15) is 22.8 Å². The van der Waals surface area contributed by atoms with Gasteiger partial charge in [0.15, 0.2) is 9.84 Å². The number of amides is 2. The predicted molar refractivity (Wildman–Crippen MR) is 122 cm³/mol. The van der Waals surface area contributed by atoms with E-state index >= 15 is 0 Å². The summed E-state index contributed by atoms with van der Waals surface area (Å²) in [6, 6.07) is 15.4. The topological polar surface area (TPSA) is 98.7 Å². The third-order valence-corrected chi connectivity index (χ3v) is 7.36. The fraction of sp³-hybridized carbons (Fsp3) is 0.208. The molecule has 3 N–H and O–H groups in total. The van der Waals surface area contributed by atoms with Crippen LogP contribution in [0.2, 0.25) is 0 Å². The lowest BCUT2D eigenvalue weighted by atomic mass is 10.1. The van der Waals surface area contributed by atoms with Gasteiger partial charge in [-0.05, 0) is 53.9 Å². The number of anilines is 1. The summed E-state index contributed by atoms with van der Waals surface area (Å²) in [4.78, 5) is 12.5. The lowest BCUT2D eigenvalue weighted by Gasteiger charge is -2.23. The van der Waals surface area contributed by atoms with Gasteiger partial charge in [-0.25, -0.2) is 17.6 Å². The van der Waals surface area contributed by atoms with Gasteiger partial charge in [-0.1, -0.05) is 36.4 Å². The first-order valence-corrected chi connectivity index (χ1v) is 12.1. The Labute approximate surface area is 191 Å². The van der Waals surface area contributed by atoms with Crippen LogP contribution in [0.1, 0.15) is 35.2 Å². The molecule has 1 aliphatic rings. The van der Waals surface area contributed by atoms with Crippen molar-refractivity contribution in [2.45, 2.75) is 36.7 Å². The summed E-state index contributed by atoms with van der Waals surface area (Å²) in [5.41, 5.74) is 3.46. The zero-order valence-electron chi connectivity index (χ0n) is 18.0. The Hall–Kier alpha value is -3.27. The maximum absolute atomic E-state index is 13.9. The van der Waals surface area contributed by atoms with Crippen LogP contribution in [0, 0.1) is 5.82 Å². The van der Waals surface area contributed by atoms with Crippen LogP contribution >= 0.6 is 0 Å². The Bertz CT molecular complexity index is 1280. The van der Waals surface area contributed by atoms with Gasteiger partial charge in [0, 0.05) is 24.3 Å². The number of nitrogens with zero attached hydrogens (tertiary/aromatic N) is 1. The molecule has 0 saturated carbocycles. The molecule has 3 aromatic rings. The number of hydrogen-bond donors (Lipinski definition) is 3. The zero-order chi connectivity index (χ0) is 23.6. The largest absolute Gasteiger partial charge is 0.346 e. The molecule has 4 rings (SSSR count). The van der Waals surface area contributed by atoms with Gasteiger partial charge in [0.05, 0.1) is 16.7 Å². The van der Waals surface area contributed by atoms with Crippen LogP contribution in [0.5, 0.6) is 0 Å². The van der Waals surface area contributed by atoms with Crippen LogP contribution in [0.25, 0.3) is 0 Å².